The molecule has 0 atom stereocenters. The third-order valence-corrected chi connectivity index (χ3v) is 2.98. The number of hydrogen-bond donors (Lipinski definition) is 1. The summed E-state index contributed by atoms with van der Waals surface area (Å²) in [5.41, 5.74) is 0.826. The summed E-state index contributed by atoms with van der Waals surface area (Å²) >= 11 is 0. The summed E-state index contributed by atoms with van der Waals surface area (Å²) in [6, 6.07) is 0. The van der Waals surface area contributed by atoms with Crippen molar-refractivity contribution in [2.24, 2.45) is 5.41 Å². The van der Waals surface area contributed by atoms with Crippen molar-refractivity contribution in [3.8, 4) is 0 Å². The zero-order valence-corrected chi connectivity index (χ0v) is 11.5. The Hall–Kier alpha value is -0.830. The summed E-state index contributed by atoms with van der Waals surface area (Å²) in [5.74, 6) is 1.19. The van der Waals surface area contributed by atoms with Gasteiger partial charge >= 0.3 is 0 Å². The zero-order chi connectivity index (χ0) is 12.9. The Morgan fingerprint density at radius 2 is 1.82 bits per heavy atom. The second-order valence-corrected chi connectivity index (χ2v) is 5.68. The predicted molar refractivity (Wildman–Crippen MR) is 70.5 cm³/mol. The normalized spacial score (nSPS) is 19.9. The molecule has 3 heteroatoms. The van der Waals surface area contributed by atoms with Crippen LogP contribution in [0.4, 0.5) is 0 Å². The van der Waals surface area contributed by atoms with E-state index in [2.05, 4.69) is 6.08 Å². The van der Waals surface area contributed by atoms with Gasteiger partial charge in [0.25, 0.3) is 0 Å². The molecule has 1 heterocycles. The minimum absolute atomic E-state index is 0.0833. The summed E-state index contributed by atoms with van der Waals surface area (Å²) < 4.78 is 10.8. The van der Waals surface area contributed by atoms with E-state index in [9.17, 15) is 0 Å². The molecule has 2 aliphatic rings. The lowest BCUT2D eigenvalue weighted by atomic mass is 9.91. The Morgan fingerprint density at radius 1 is 1.35 bits per heavy atom. The molecule has 0 aromatic heterocycles. The van der Waals surface area contributed by atoms with Crippen LogP contribution in [0.5, 0.6) is 0 Å². The molecular weight excluding hydrogens is 214 g/mol. The number of allylic oxidation sites excluding steroid dienone is 2. The molecule has 1 fully saturated rings. The summed E-state index contributed by atoms with van der Waals surface area (Å²) in [6.45, 7) is 9.69. The van der Waals surface area contributed by atoms with E-state index in [1.165, 1.54) is 5.76 Å². The molecule has 1 N–H and O–H groups in total. The minimum Gasteiger partial charge on any atom is -0.495 e. The van der Waals surface area contributed by atoms with E-state index in [4.69, 9.17) is 14.9 Å². The topological polar surface area (TPSA) is 42.3 Å². The minimum atomic E-state index is 0.0833. The lowest BCUT2D eigenvalue weighted by Crippen LogP contribution is -2.21. The Labute approximate surface area is 105 Å². The maximum Gasteiger partial charge on any atom is 0.103 e. The summed E-state index contributed by atoms with van der Waals surface area (Å²) in [7, 11) is 0. The average Bonchev–Trinajstić information content (AvgIpc) is 3.03. The molecule has 0 bridgehead atoms. The van der Waals surface area contributed by atoms with E-state index in [0.717, 1.165) is 38.2 Å². The van der Waals surface area contributed by atoms with Gasteiger partial charge in [-0.2, -0.15) is 0 Å². The fourth-order valence-electron chi connectivity index (χ4n) is 1.15. The molecule has 0 aromatic carbocycles. The smallest absolute Gasteiger partial charge is 0.103 e. The van der Waals surface area contributed by atoms with Gasteiger partial charge in [0.2, 0.25) is 0 Å². The van der Waals surface area contributed by atoms with Crippen LogP contribution < -0.4 is 0 Å². The fourth-order valence-corrected chi connectivity index (χ4v) is 1.15. The first-order valence-electron chi connectivity index (χ1n) is 6.38. The van der Waals surface area contributed by atoms with Crippen molar-refractivity contribution in [3.63, 3.8) is 0 Å². The average molecular weight is 239 g/mol. The Bertz CT molecular complexity index is 283. The SMILES string of the molecule is C1=C(OC2CCOCC2)C1.CC(=N)C(C)(C)C. The van der Waals surface area contributed by atoms with Crippen LogP contribution in [-0.4, -0.2) is 25.0 Å². The van der Waals surface area contributed by atoms with Crippen molar-refractivity contribution in [1.82, 2.24) is 0 Å². The van der Waals surface area contributed by atoms with E-state index in [0.29, 0.717) is 6.10 Å². The number of ether oxygens (including phenoxy) is 2. The first-order chi connectivity index (χ1) is 7.89. The quantitative estimate of drug-likeness (QED) is 0.749. The third-order valence-electron chi connectivity index (χ3n) is 2.98. The summed E-state index contributed by atoms with van der Waals surface area (Å²) in [4.78, 5) is 0. The van der Waals surface area contributed by atoms with Gasteiger partial charge in [0.15, 0.2) is 0 Å². The van der Waals surface area contributed by atoms with Crippen LogP contribution in [0.2, 0.25) is 0 Å². The first kappa shape index (κ1) is 14.2. The molecule has 1 aliphatic heterocycles. The van der Waals surface area contributed by atoms with E-state index < -0.39 is 0 Å². The van der Waals surface area contributed by atoms with Gasteiger partial charge < -0.3 is 14.9 Å². The van der Waals surface area contributed by atoms with Crippen LogP contribution in [0.1, 0.15) is 47.0 Å². The van der Waals surface area contributed by atoms with Crippen molar-refractivity contribution in [3.05, 3.63) is 11.8 Å². The monoisotopic (exact) mass is 239 g/mol. The molecule has 3 nitrogen and oxygen atoms in total. The zero-order valence-electron chi connectivity index (χ0n) is 11.5. The van der Waals surface area contributed by atoms with Crippen molar-refractivity contribution in [2.45, 2.75) is 53.1 Å². The van der Waals surface area contributed by atoms with Crippen LogP contribution in [0, 0.1) is 10.8 Å². The molecule has 98 valence electrons. The predicted octanol–water partition coefficient (Wildman–Crippen LogP) is 3.54. The maximum absolute atomic E-state index is 7.15. The van der Waals surface area contributed by atoms with Crippen LogP contribution in [-0.2, 0) is 9.47 Å². The van der Waals surface area contributed by atoms with E-state index >= 15 is 0 Å². The Morgan fingerprint density at radius 3 is 2.18 bits per heavy atom. The number of hydrogen-bond acceptors (Lipinski definition) is 3. The molecule has 0 aromatic rings. The van der Waals surface area contributed by atoms with Crippen LogP contribution in [0.25, 0.3) is 0 Å². The molecule has 17 heavy (non-hydrogen) atoms. The first-order valence-corrected chi connectivity index (χ1v) is 6.38. The Balaban J connectivity index is 0.000000185. The molecule has 1 aliphatic carbocycles. The summed E-state index contributed by atoms with van der Waals surface area (Å²) in [6.07, 6.45) is 5.78. The van der Waals surface area contributed by atoms with Crippen molar-refractivity contribution in [1.29, 1.82) is 5.41 Å². The van der Waals surface area contributed by atoms with Crippen molar-refractivity contribution < 1.29 is 9.47 Å². The molecule has 0 radical (unpaired) electrons. The van der Waals surface area contributed by atoms with Gasteiger partial charge in [-0.25, -0.2) is 0 Å². The molecule has 1 saturated heterocycles. The van der Waals surface area contributed by atoms with Crippen molar-refractivity contribution >= 4 is 5.71 Å². The van der Waals surface area contributed by atoms with Gasteiger partial charge in [-0.05, 0) is 18.4 Å². The second-order valence-electron chi connectivity index (χ2n) is 5.68. The Kier molecular flexibility index (Phi) is 5.19. The van der Waals surface area contributed by atoms with Gasteiger partial charge in [-0.3, -0.25) is 0 Å². The van der Waals surface area contributed by atoms with Gasteiger partial charge in [0.1, 0.15) is 6.10 Å². The fraction of sp³-hybridized carbons (Fsp3) is 0.786. The highest BCUT2D eigenvalue weighted by molar-refractivity contribution is 5.83. The van der Waals surface area contributed by atoms with Gasteiger partial charge in [0.05, 0.1) is 19.0 Å². The summed E-state index contributed by atoms with van der Waals surface area (Å²) in [5, 5.41) is 7.15. The second kappa shape index (κ2) is 6.20. The van der Waals surface area contributed by atoms with E-state index in [1.807, 2.05) is 27.7 Å². The number of rotatable bonds is 2. The largest absolute Gasteiger partial charge is 0.495 e. The van der Waals surface area contributed by atoms with E-state index in [-0.39, 0.29) is 5.41 Å². The molecular formula is C14H25NO2. The lowest BCUT2D eigenvalue weighted by Gasteiger charge is -2.21. The molecule has 0 saturated carbocycles. The molecule has 0 spiro atoms. The molecule has 0 amide bonds. The van der Waals surface area contributed by atoms with Gasteiger partial charge in [0, 0.05) is 25.0 Å². The van der Waals surface area contributed by atoms with E-state index in [1.54, 1.807) is 0 Å². The lowest BCUT2D eigenvalue weighted by molar-refractivity contribution is -0.0000452. The number of nitrogens with one attached hydrogen (secondary N) is 1. The maximum atomic E-state index is 7.15. The van der Waals surface area contributed by atoms with Crippen LogP contribution in [0.3, 0.4) is 0 Å². The van der Waals surface area contributed by atoms with Gasteiger partial charge in [-0.1, -0.05) is 20.8 Å². The van der Waals surface area contributed by atoms with Crippen LogP contribution in [0.15, 0.2) is 11.8 Å². The third kappa shape index (κ3) is 6.47. The molecule has 2 rings (SSSR count). The van der Waals surface area contributed by atoms with Gasteiger partial charge in [-0.15, -0.1) is 0 Å². The standard InChI is InChI=1S/C8H12O2.C6H13N/c1-2-7(1)10-8-3-5-9-6-4-8;1-5(7)6(2,3)4/h1,8H,2-6H2;7H,1-4H3. The highest BCUT2D eigenvalue weighted by atomic mass is 16.5. The van der Waals surface area contributed by atoms with Crippen molar-refractivity contribution in [2.75, 3.05) is 13.2 Å². The highest BCUT2D eigenvalue weighted by Gasteiger charge is 2.19. The van der Waals surface area contributed by atoms with Crippen LogP contribution >= 0.6 is 0 Å². The molecule has 0 unspecified atom stereocenters. The highest BCUT2D eigenvalue weighted by Crippen LogP contribution is 2.24.